The molecule has 0 aromatic carbocycles. The fourth-order valence-corrected chi connectivity index (χ4v) is 5.57. The second-order valence-corrected chi connectivity index (χ2v) is 12.6. The monoisotopic (exact) mass is 643 g/mol. The Hall–Kier alpha value is -3.12. The number of hydrogen-bond donors (Lipinski definition) is 5. The summed E-state index contributed by atoms with van der Waals surface area (Å²) in [6.45, 7) is 11.4. The molecule has 0 radical (unpaired) electrons. The molecule has 2 rings (SSSR count). The number of nitrogens with one attached hydrogen (secondary N) is 1. The van der Waals surface area contributed by atoms with Gasteiger partial charge in [-0.05, 0) is 26.3 Å². The molecule has 10 nitrogen and oxygen atoms in total. The number of rotatable bonds is 15. The Bertz CT molecular complexity index is 1210. The molecule has 46 heavy (non-hydrogen) atoms. The van der Waals surface area contributed by atoms with Crippen molar-refractivity contribution in [3.63, 3.8) is 0 Å². The predicted molar refractivity (Wildman–Crippen MR) is 178 cm³/mol. The fraction of sp³-hybridized carbons (Fsp3) is 0.556. The van der Waals surface area contributed by atoms with E-state index < -0.39 is 53.4 Å². The molecule has 256 valence electrons. The van der Waals surface area contributed by atoms with Gasteiger partial charge in [0.15, 0.2) is 5.79 Å². The standard InChI is InChI=1S/C36H53NO9/c1-8-9-12-19-31-35(5,6)30(39)23-36(43,46-31)26(4)34(42)37-21-16-15-17-24(2)33(44-7)25(3)29-22-27(38)28(45-29)18-13-10-11-14-20-32(40)41/h8-20,25-31,33,38-39,43H,21-23H2,1-7H3,(H,37,42)(H,40,41)/b9-8-,11-10+,16-15+,18-13+,19-12+,20-14-,24-17+/t25-,26+,27-,28+,29-,30-,31+,33+,36+/m0/s1. The van der Waals surface area contributed by atoms with Gasteiger partial charge in [-0.25, -0.2) is 4.79 Å². The Morgan fingerprint density at radius 2 is 1.72 bits per heavy atom. The smallest absolute Gasteiger partial charge is 0.328 e. The van der Waals surface area contributed by atoms with Crippen LogP contribution in [0, 0.1) is 17.3 Å². The molecule has 0 aromatic rings. The van der Waals surface area contributed by atoms with Gasteiger partial charge in [-0.3, -0.25) is 4.79 Å². The average molecular weight is 644 g/mol. The summed E-state index contributed by atoms with van der Waals surface area (Å²) < 4.78 is 17.9. The Morgan fingerprint density at radius 3 is 2.37 bits per heavy atom. The molecule has 2 aliphatic heterocycles. The second kappa shape index (κ2) is 18.3. The van der Waals surface area contributed by atoms with Crippen LogP contribution in [0.2, 0.25) is 0 Å². The Labute approximate surface area is 273 Å². The van der Waals surface area contributed by atoms with Crippen molar-refractivity contribution in [3.8, 4) is 0 Å². The highest BCUT2D eigenvalue weighted by Gasteiger charge is 2.53. The van der Waals surface area contributed by atoms with Crippen LogP contribution in [0.5, 0.6) is 0 Å². The van der Waals surface area contributed by atoms with Crippen molar-refractivity contribution in [2.75, 3.05) is 13.7 Å². The number of carboxylic acid groups (broad SMARTS) is 1. The summed E-state index contributed by atoms with van der Waals surface area (Å²) in [6, 6.07) is 0. The van der Waals surface area contributed by atoms with Crippen LogP contribution < -0.4 is 5.32 Å². The summed E-state index contributed by atoms with van der Waals surface area (Å²) >= 11 is 0. The number of aliphatic hydroxyl groups excluding tert-OH is 2. The normalized spacial score (nSPS) is 31.2. The number of methoxy groups -OCH3 is 1. The van der Waals surface area contributed by atoms with E-state index in [4.69, 9.17) is 19.3 Å². The van der Waals surface area contributed by atoms with E-state index in [2.05, 4.69) is 5.32 Å². The highest BCUT2D eigenvalue weighted by molar-refractivity contribution is 5.80. The maximum absolute atomic E-state index is 13.0. The zero-order valence-electron chi connectivity index (χ0n) is 28.1. The number of aliphatic hydroxyl groups is 3. The first-order valence-electron chi connectivity index (χ1n) is 15.8. The lowest BCUT2D eigenvalue weighted by atomic mass is 9.73. The number of carbonyl (C=O) groups excluding carboxylic acids is 1. The first-order chi connectivity index (χ1) is 21.7. The molecule has 1 amide bonds. The Morgan fingerprint density at radius 1 is 1.04 bits per heavy atom. The van der Waals surface area contributed by atoms with E-state index in [1.807, 2.05) is 58.9 Å². The van der Waals surface area contributed by atoms with E-state index in [1.54, 1.807) is 56.6 Å². The minimum absolute atomic E-state index is 0.0643. The lowest BCUT2D eigenvalue weighted by molar-refractivity contribution is -0.312. The molecule has 2 saturated heterocycles. The average Bonchev–Trinajstić information content (AvgIpc) is 3.37. The summed E-state index contributed by atoms with van der Waals surface area (Å²) in [5.74, 6) is -4.24. The molecule has 5 N–H and O–H groups in total. The van der Waals surface area contributed by atoms with Crippen molar-refractivity contribution in [1.82, 2.24) is 5.32 Å². The summed E-state index contributed by atoms with van der Waals surface area (Å²) in [5.41, 5.74) is 0.295. The summed E-state index contributed by atoms with van der Waals surface area (Å²) in [5, 5.41) is 44.0. The van der Waals surface area contributed by atoms with Gasteiger partial charge in [0.05, 0.1) is 36.4 Å². The number of ether oxygens (including phenoxy) is 3. The van der Waals surface area contributed by atoms with Gasteiger partial charge in [0.25, 0.3) is 0 Å². The molecule has 0 bridgehead atoms. The first kappa shape index (κ1) is 39.1. The van der Waals surface area contributed by atoms with Gasteiger partial charge in [-0.15, -0.1) is 0 Å². The third kappa shape index (κ3) is 11.0. The number of carboxylic acids is 1. The highest BCUT2D eigenvalue weighted by atomic mass is 16.6. The van der Waals surface area contributed by atoms with Gasteiger partial charge in [0.2, 0.25) is 5.91 Å². The number of amides is 1. The van der Waals surface area contributed by atoms with Crippen molar-refractivity contribution in [3.05, 3.63) is 84.6 Å². The molecule has 9 atom stereocenters. The molecule has 2 aliphatic rings. The summed E-state index contributed by atoms with van der Waals surface area (Å²) in [7, 11) is 1.62. The zero-order chi connectivity index (χ0) is 34.5. The van der Waals surface area contributed by atoms with Crippen LogP contribution in [-0.4, -0.2) is 88.4 Å². The van der Waals surface area contributed by atoms with Gasteiger partial charge in [0.1, 0.15) is 6.10 Å². The second-order valence-electron chi connectivity index (χ2n) is 12.6. The molecule has 0 saturated carbocycles. The number of aliphatic carboxylic acids is 1. The van der Waals surface area contributed by atoms with Crippen LogP contribution in [0.15, 0.2) is 84.6 Å². The molecular weight excluding hydrogens is 590 g/mol. The Kier molecular flexibility index (Phi) is 15.5. The van der Waals surface area contributed by atoms with Crippen LogP contribution in [0.25, 0.3) is 0 Å². The molecule has 0 unspecified atom stereocenters. The van der Waals surface area contributed by atoms with Crippen molar-refractivity contribution in [1.29, 1.82) is 0 Å². The van der Waals surface area contributed by atoms with Gasteiger partial charge >= 0.3 is 5.97 Å². The molecular formula is C36H53NO9. The van der Waals surface area contributed by atoms with Gasteiger partial charge in [0, 0.05) is 43.9 Å². The van der Waals surface area contributed by atoms with Gasteiger partial charge in [-0.2, -0.15) is 0 Å². The quantitative estimate of drug-likeness (QED) is 0.131. The zero-order valence-corrected chi connectivity index (χ0v) is 28.1. The van der Waals surface area contributed by atoms with Crippen LogP contribution in [-0.2, 0) is 23.8 Å². The SMILES string of the molecule is C/C=C\C=C\[C@H]1O[C@@](O)([C@H](C)C(=O)NC/C=C/C=C(\C)[C@@H](OC)[C@@H](C)[C@@H]2C[C@H](O)[C@@H](/C=C/C=C/C=C\C(=O)O)O2)C[C@H](O)C1(C)C. The summed E-state index contributed by atoms with van der Waals surface area (Å²) in [4.78, 5) is 23.5. The number of carbonyl (C=O) groups is 2. The van der Waals surface area contributed by atoms with E-state index in [9.17, 15) is 24.9 Å². The van der Waals surface area contributed by atoms with Crippen molar-refractivity contribution in [2.45, 2.75) is 96.8 Å². The van der Waals surface area contributed by atoms with Crippen molar-refractivity contribution < 1.29 is 44.2 Å². The number of hydrogen-bond acceptors (Lipinski definition) is 8. The topological polar surface area (TPSA) is 155 Å². The van der Waals surface area contributed by atoms with Gasteiger partial charge < -0.3 is 40.0 Å². The molecule has 2 fully saturated rings. The van der Waals surface area contributed by atoms with E-state index in [0.29, 0.717) is 6.42 Å². The number of allylic oxidation sites excluding steroid dienone is 9. The predicted octanol–water partition coefficient (Wildman–Crippen LogP) is 4.16. The van der Waals surface area contributed by atoms with Gasteiger partial charge in [-0.1, -0.05) is 93.7 Å². The maximum Gasteiger partial charge on any atom is 0.328 e. The van der Waals surface area contributed by atoms with E-state index in [-0.39, 0.29) is 31.1 Å². The molecule has 0 aromatic heterocycles. The highest BCUT2D eigenvalue weighted by Crippen LogP contribution is 2.43. The molecule has 0 spiro atoms. The lowest BCUT2D eigenvalue weighted by Gasteiger charge is -2.50. The maximum atomic E-state index is 13.0. The van der Waals surface area contributed by atoms with Crippen LogP contribution >= 0.6 is 0 Å². The van der Waals surface area contributed by atoms with Crippen molar-refractivity contribution >= 4 is 11.9 Å². The summed E-state index contributed by atoms with van der Waals surface area (Å²) in [6.07, 6.45) is 19.2. The molecule has 10 heteroatoms. The molecule has 2 heterocycles. The third-order valence-electron chi connectivity index (χ3n) is 8.78. The minimum atomic E-state index is -1.83. The van der Waals surface area contributed by atoms with E-state index in [1.165, 1.54) is 6.08 Å². The van der Waals surface area contributed by atoms with Crippen LogP contribution in [0.3, 0.4) is 0 Å². The Balaban J connectivity index is 1.93. The van der Waals surface area contributed by atoms with E-state index >= 15 is 0 Å². The van der Waals surface area contributed by atoms with Crippen LogP contribution in [0.1, 0.15) is 54.4 Å². The lowest BCUT2D eigenvalue weighted by Crippen LogP contribution is -2.60. The molecule has 0 aliphatic carbocycles. The fourth-order valence-electron chi connectivity index (χ4n) is 5.57. The van der Waals surface area contributed by atoms with Crippen LogP contribution in [0.4, 0.5) is 0 Å². The van der Waals surface area contributed by atoms with Crippen molar-refractivity contribution in [2.24, 2.45) is 17.3 Å². The third-order valence-corrected chi connectivity index (χ3v) is 8.78. The van der Waals surface area contributed by atoms with E-state index in [0.717, 1.165) is 11.6 Å². The largest absolute Gasteiger partial charge is 0.478 e. The minimum Gasteiger partial charge on any atom is -0.478 e. The first-order valence-corrected chi connectivity index (χ1v) is 15.8.